The maximum absolute atomic E-state index is 14.1. The Morgan fingerprint density at radius 2 is 1.90 bits per heavy atom. The van der Waals surface area contributed by atoms with Crippen molar-refractivity contribution in [2.45, 2.75) is 26.1 Å². The van der Waals surface area contributed by atoms with Gasteiger partial charge in [0.15, 0.2) is 0 Å². The molecular weight excluding hydrogens is 379 g/mol. The van der Waals surface area contributed by atoms with Crippen LogP contribution in [0.2, 0.25) is 0 Å². The molecule has 8 nitrogen and oxygen atoms in total. The fourth-order valence-corrected chi connectivity index (χ4v) is 3.18. The molecular formula is C20H23FN4O4. The number of morpholine rings is 1. The zero-order chi connectivity index (χ0) is 21.0. The molecule has 0 saturated carbocycles. The van der Waals surface area contributed by atoms with Gasteiger partial charge in [0.2, 0.25) is 0 Å². The van der Waals surface area contributed by atoms with E-state index in [0.29, 0.717) is 0 Å². The number of rotatable bonds is 4. The maximum Gasteiger partial charge on any atom is 0.411 e. The number of hydrogen-bond donors (Lipinski definition) is 2. The standard InChI is InChI=1S/C20H23FN4O4/c1-12-10-25(11-13(2)29-12)15-6-7-22-18(9-15)19(26)23-14-4-5-17(16(21)8-14)24-20(27)28-3/h4-9,12-13H,10-11H2,1-3H3,(H,23,26)(H,24,27). The highest BCUT2D eigenvalue weighted by Crippen LogP contribution is 2.22. The average molecular weight is 402 g/mol. The van der Waals surface area contributed by atoms with Gasteiger partial charge in [-0.3, -0.25) is 15.1 Å². The molecule has 0 bridgehead atoms. The van der Waals surface area contributed by atoms with Gasteiger partial charge in [-0.2, -0.15) is 0 Å². The van der Waals surface area contributed by atoms with E-state index in [0.717, 1.165) is 24.8 Å². The van der Waals surface area contributed by atoms with Crippen LogP contribution in [0.15, 0.2) is 36.5 Å². The molecule has 2 aromatic rings. The van der Waals surface area contributed by atoms with Crippen LogP contribution in [0.3, 0.4) is 0 Å². The monoisotopic (exact) mass is 402 g/mol. The Labute approximate surface area is 168 Å². The van der Waals surface area contributed by atoms with Crippen LogP contribution >= 0.6 is 0 Å². The van der Waals surface area contributed by atoms with Crippen molar-refractivity contribution >= 4 is 29.1 Å². The van der Waals surface area contributed by atoms with Crippen LogP contribution in [0.1, 0.15) is 24.3 Å². The largest absolute Gasteiger partial charge is 0.453 e. The number of ether oxygens (including phenoxy) is 2. The van der Waals surface area contributed by atoms with Gasteiger partial charge >= 0.3 is 6.09 Å². The van der Waals surface area contributed by atoms with Crippen molar-refractivity contribution in [2.75, 3.05) is 35.7 Å². The minimum Gasteiger partial charge on any atom is -0.453 e. The molecule has 29 heavy (non-hydrogen) atoms. The highest BCUT2D eigenvalue weighted by Gasteiger charge is 2.23. The number of carbonyl (C=O) groups is 2. The van der Waals surface area contributed by atoms with Gasteiger partial charge in [-0.25, -0.2) is 9.18 Å². The van der Waals surface area contributed by atoms with Crippen LogP contribution in [-0.2, 0) is 9.47 Å². The molecule has 2 unspecified atom stereocenters. The molecule has 2 N–H and O–H groups in total. The number of halogens is 1. The zero-order valence-corrected chi connectivity index (χ0v) is 16.4. The Morgan fingerprint density at radius 1 is 1.17 bits per heavy atom. The van der Waals surface area contributed by atoms with Crippen LogP contribution in [0, 0.1) is 5.82 Å². The van der Waals surface area contributed by atoms with Crippen LogP contribution in [0.25, 0.3) is 0 Å². The van der Waals surface area contributed by atoms with Crippen LogP contribution in [0.4, 0.5) is 26.2 Å². The van der Waals surface area contributed by atoms with E-state index in [9.17, 15) is 14.0 Å². The highest BCUT2D eigenvalue weighted by atomic mass is 19.1. The molecule has 1 fully saturated rings. The quantitative estimate of drug-likeness (QED) is 0.816. The van der Waals surface area contributed by atoms with Gasteiger partial charge in [0, 0.05) is 30.7 Å². The van der Waals surface area contributed by atoms with E-state index in [-0.39, 0.29) is 29.3 Å². The Hall–Kier alpha value is -3.20. The second-order valence-corrected chi connectivity index (χ2v) is 6.83. The lowest BCUT2D eigenvalue weighted by atomic mass is 10.2. The number of carbonyl (C=O) groups excluding carboxylic acids is 2. The van der Waals surface area contributed by atoms with Gasteiger partial charge in [-0.15, -0.1) is 0 Å². The maximum atomic E-state index is 14.1. The molecule has 1 aliphatic heterocycles. The Balaban J connectivity index is 1.71. The minimum absolute atomic E-state index is 0.0504. The Morgan fingerprint density at radius 3 is 2.55 bits per heavy atom. The molecule has 0 radical (unpaired) electrons. The molecule has 1 aromatic carbocycles. The number of aromatic nitrogens is 1. The van der Waals surface area contributed by atoms with Crippen molar-refractivity contribution in [1.29, 1.82) is 0 Å². The first kappa shape index (κ1) is 20.5. The number of nitrogens with zero attached hydrogens (tertiary/aromatic N) is 2. The molecule has 2 atom stereocenters. The van der Waals surface area contributed by atoms with Crippen molar-refractivity contribution in [1.82, 2.24) is 4.98 Å². The molecule has 2 amide bonds. The fourth-order valence-electron chi connectivity index (χ4n) is 3.18. The van der Waals surface area contributed by atoms with Crippen molar-refractivity contribution < 1.29 is 23.5 Å². The van der Waals surface area contributed by atoms with E-state index >= 15 is 0 Å². The van der Waals surface area contributed by atoms with E-state index in [1.54, 1.807) is 12.3 Å². The summed E-state index contributed by atoms with van der Waals surface area (Å²) in [5.74, 6) is -1.17. The summed E-state index contributed by atoms with van der Waals surface area (Å²) in [7, 11) is 1.18. The number of benzene rings is 1. The molecule has 1 aromatic heterocycles. The lowest BCUT2D eigenvalue weighted by Gasteiger charge is -2.36. The number of hydrogen-bond acceptors (Lipinski definition) is 6. The van der Waals surface area contributed by atoms with Crippen molar-refractivity contribution in [3.63, 3.8) is 0 Å². The van der Waals surface area contributed by atoms with Gasteiger partial charge in [0.05, 0.1) is 25.0 Å². The van der Waals surface area contributed by atoms with Gasteiger partial charge in [0.25, 0.3) is 5.91 Å². The normalized spacial score (nSPS) is 18.8. The first-order valence-corrected chi connectivity index (χ1v) is 9.18. The molecule has 3 rings (SSSR count). The van der Waals surface area contributed by atoms with E-state index < -0.39 is 17.8 Å². The summed E-state index contributed by atoms with van der Waals surface area (Å²) in [6.45, 7) is 5.44. The van der Waals surface area contributed by atoms with Crippen LogP contribution in [0.5, 0.6) is 0 Å². The number of pyridine rings is 1. The van der Waals surface area contributed by atoms with Gasteiger partial charge in [-0.1, -0.05) is 0 Å². The fraction of sp³-hybridized carbons (Fsp3) is 0.350. The third-order valence-corrected chi connectivity index (χ3v) is 4.41. The highest BCUT2D eigenvalue weighted by molar-refractivity contribution is 6.03. The molecule has 154 valence electrons. The summed E-state index contributed by atoms with van der Waals surface area (Å²) in [6.07, 6.45) is 0.959. The molecule has 1 aliphatic rings. The summed E-state index contributed by atoms with van der Waals surface area (Å²) in [4.78, 5) is 30.0. The molecule has 2 heterocycles. The van der Waals surface area contributed by atoms with E-state index in [1.165, 1.54) is 19.2 Å². The SMILES string of the molecule is COC(=O)Nc1ccc(NC(=O)c2cc(N3CC(C)OC(C)C3)ccn2)cc1F. The topological polar surface area (TPSA) is 92.8 Å². The number of anilines is 3. The summed E-state index contributed by atoms with van der Waals surface area (Å²) < 4.78 is 24.3. The lowest BCUT2D eigenvalue weighted by molar-refractivity contribution is -0.00522. The molecule has 1 saturated heterocycles. The average Bonchev–Trinajstić information content (AvgIpc) is 2.69. The second kappa shape index (κ2) is 8.87. The first-order valence-electron chi connectivity index (χ1n) is 9.18. The molecule has 9 heteroatoms. The van der Waals surface area contributed by atoms with Crippen LogP contribution in [-0.4, -0.2) is 49.4 Å². The van der Waals surface area contributed by atoms with Gasteiger partial charge in [0.1, 0.15) is 11.5 Å². The molecule has 0 aliphatic carbocycles. The first-order chi connectivity index (χ1) is 13.9. The van der Waals surface area contributed by atoms with Crippen molar-refractivity contribution in [2.24, 2.45) is 0 Å². The van der Waals surface area contributed by atoms with Crippen LogP contribution < -0.4 is 15.5 Å². The Bertz CT molecular complexity index is 898. The number of methoxy groups -OCH3 is 1. The Kier molecular flexibility index (Phi) is 6.28. The van der Waals surface area contributed by atoms with Gasteiger partial charge < -0.3 is 19.7 Å². The summed E-state index contributed by atoms with van der Waals surface area (Å²) >= 11 is 0. The molecule has 0 spiro atoms. The number of nitrogens with one attached hydrogen (secondary N) is 2. The van der Waals surface area contributed by atoms with E-state index in [1.807, 2.05) is 19.9 Å². The smallest absolute Gasteiger partial charge is 0.411 e. The summed E-state index contributed by atoms with van der Waals surface area (Å²) in [6, 6.07) is 7.46. The predicted molar refractivity (Wildman–Crippen MR) is 107 cm³/mol. The minimum atomic E-state index is -0.784. The predicted octanol–water partition coefficient (Wildman–Crippen LogP) is 3.26. The third-order valence-electron chi connectivity index (χ3n) is 4.41. The van der Waals surface area contributed by atoms with E-state index in [4.69, 9.17) is 4.74 Å². The summed E-state index contributed by atoms with van der Waals surface area (Å²) in [5.41, 5.74) is 1.27. The summed E-state index contributed by atoms with van der Waals surface area (Å²) in [5, 5.41) is 4.86. The van der Waals surface area contributed by atoms with E-state index in [2.05, 4.69) is 25.3 Å². The lowest BCUT2D eigenvalue weighted by Crippen LogP contribution is -2.45. The van der Waals surface area contributed by atoms with Crippen molar-refractivity contribution in [3.8, 4) is 0 Å². The van der Waals surface area contributed by atoms with Crippen molar-refractivity contribution in [3.05, 3.63) is 48.0 Å². The second-order valence-electron chi connectivity index (χ2n) is 6.83. The number of amides is 2. The zero-order valence-electron chi connectivity index (χ0n) is 16.4. The third kappa shape index (κ3) is 5.20. The van der Waals surface area contributed by atoms with Gasteiger partial charge in [-0.05, 0) is 44.2 Å².